The molecule has 19 heavy (non-hydrogen) atoms. The van der Waals surface area contributed by atoms with Crippen LogP contribution in [0.3, 0.4) is 0 Å². The highest BCUT2D eigenvalue weighted by atomic mass is 19.1. The van der Waals surface area contributed by atoms with E-state index in [1.807, 2.05) is 6.92 Å². The lowest BCUT2D eigenvalue weighted by Gasteiger charge is -2.15. The Balaban J connectivity index is 2.07. The lowest BCUT2D eigenvalue weighted by Crippen LogP contribution is -2.18. The Kier molecular flexibility index (Phi) is 4.37. The molecule has 1 saturated heterocycles. The van der Waals surface area contributed by atoms with Gasteiger partial charge in [0, 0.05) is 5.56 Å². The Morgan fingerprint density at radius 1 is 1.53 bits per heavy atom. The number of benzene rings is 1. The van der Waals surface area contributed by atoms with Crippen LogP contribution in [0.5, 0.6) is 5.75 Å². The first kappa shape index (κ1) is 13.8. The van der Waals surface area contributed by atoms with Crippen molar-refractivity contribution in [2.24, 2.45) is 5.16 Å². The first-order valence-corrected chi connectivity index (χ1v) is 6.37. The Hall–Kier alpha value is -1.62. The maximum atomic E-state index is 13.2. The van der Waals surface area contributed by atoms with Crippen LogP contribution in [-0.4, -0.2) is 29.7 Å². The van der Waals surface area contributed by atoms with Gasteiger partial charge in [0.2, 0.25) is 0 Å². The summed E-state index contributed by atoms with van der Waals surface area (Å²) in [7, 11) is 0. The standard InChI is InChI=1S/C14H18FNO3/c1-9-3-5-12(19-9)8-18-14-6-4-11(15)7-13(14)10(2)16-17/h4,6-7,9,12,17H,3,5,8H2,1-2H3/b16-10+. The van der Waals surface area contributed by atoms with Crippen molar-refractivity contribution >= 4 is 5.71 Å². The number of hydrogen-bond acceptors (Lipinski definition) is 4. The van der Waals surface area contributed by atoms with E-state index in [9.17, 15) is 4.39 Å². The molecule has 1 aromatic rings. The molecule has 1 aromatic carbocycles. The molecule has 0 saturated carbocycles. The molecule has 0 aliphatic carbocycles. The smallest absolute Gasteiger partial charge is 0.128 e. The fourth-order valence-corrected chi connectivity index (χ4v) is 2.16. The largest absolute Gasteiger partial charge is 0.490 e. The molecule has 0 amide bonds. The van der Waals surface area contributed by atoms with Crippen LogP contribution in [0.1, 0.15) is 32.3 Å². The SMILES string of the molecule is C/C(=N\O)c1cc(F)ccc1OCC1CCC(C)O1. The molecular formula is C14H18FNO3. The van der Waals surface area contributed by atoms with Crippen molar-refractivity contribution in [1.82, 2.24) is 0 Å². The highest BCUT2D eigenvalue weighted by Gasteiger charge is 2.22. The minimum absolute atomic E-state index is 0.0688. The normalized spacial score (nSPS) is 23.6. The molecule has 4 nitrogen and oxygen atoms in total. The predicted molar refractivity (Wildman–Crippen MR) is 69.5 cm³/mol. The topological polar surface area (TPSA) is 51.1 Å². The lowest BCUT2D eigenvalue weighted by atomic mass is 10.1. The average molecular weight is 267 g/mol. The van der Waals surface area contributed by atoms with Crippen molar-refractivity contribution in [1.29, 1.82) is 0 Å². The summed E-state index contributed by atoms with van der Waals surface area (Å²) in [5.74, 6) is 0.107. The Morgan fingerprint density at radius 2 is 2.32 bits per heavy atom. The molecule has 0 radical (unpaired) electrons. The minimum Gasteiger partial charge on any atom is -0.490 e. The third-order valence-electron chi connectivity index (χ3n) is 3.23. The fourth-order valence-electron chi connectivity index (χ4n) is 2.16. The first-order valence-electron chi connectivity index (χ1n) is 6.37. The van der Waals surface area contributed by atoms with Crippen LogP contribution in [0, 0.1) is 5.82 Å². The van der Waals surface area contributed by atoms with E-state index in [4.69, 9.17) is 14.7 Å². The summed E-state index contributed by atoms with van der Waals surface area (Å²) in [5, 5.41) is 11.9. The van der Waals surface area contributed by atoms with E-state index >= 15 is 0 Å². The van der Waals surface area contributed by atoms with Crippen LogP contribution < -0.4 is 4.74 Å². The van der Waals surface area contributed by atoms with Gasteiger partial charge in [0.15, 0.2) is 0 Å². The summed E-state index contributed by atoms with van der Waals surface area (Å²) in [6.07, 6.45) is 2.33. The number of hydrogen-bond donors (Lipinski definition) is 1. The molecule has 1 heterocycles. The zero-order valence-corrected chi connectivity index (χ0v) is 11.1. The van der Waals surface area contributed by atoms with Gasteiger partial charge in [0.1, 0.15) is 18.2 Å². The van der Waals surface area contributed by atoms with Crippen molar-refractivity contribution in [3.05, 3.63) is 29.6 Å². The molecule has 1 N–H and O–H groups in total. The molecule has 1 aliphatic rings. The van der Waals surface area contributed by atoms with E-state index in [0.717, 1.165) is 12.8 Å². The second kappa shape index (κ2) is 6.02. The summed E-state index contributed by atoms with van der Waals surface area (Å²) in [4.78, 5) is 0. The van der Waals surface area contributed by atoms with Gasteiger partial charge in [-0.05, 0) is 44.9 Å². The predicted octanol–water partition coefficient (Wildman–Crippen LogP) is 2.97. The first-order chi connectivity index (χ1) is 9.10. The van der Waals surface area contributed by atoms with Gasteiger partial charge in [-0.15, -0.1) is 0 Å². The molecule has 1 fully saturated rings. The van der Waals surface area contributed by atoms with Crippen LogP contribution in [0.25, 0.3) is 0 Å². The quantitative estimate of drug-likeness (QED) is 0.518. The Labute approximate surface area is 111 Å². The molecule has 2 rings (SSSR count). The number of nitrogens with zero attached hydrogens (tertiary/aromatic N) is 1. The summed E-state index contributed by atoms with van der Waals surface area (Å²) in [6.45, 7) is 4.04. The van der Waals surface area contributed by atoms with Crippen molar-refractivity contribution in [2.45, 2.75) is 38.9 Å². The van der Waals surface area contributed by atoms with Gasteiger partial charge >= 0.3 is 0 Å². The van der Waals surface area contributed by atoms with E-state index in [1.54, 1.807) is 6.92 Å². The summed E-state index contributed by atoms with van der Waals surface area (Å²) in [6, 6.07) is 4.15. The van der Waals surface area contributed by atoms with Gasteiger partial charge in [-0.2, -0.15) is 0 Å². The molecule has 0 aromatic heterocycles. The van der Waals surface area contributed by atoms with Crippen LogP contribution >= 0.6 is 0 Å². The van der Waals surface area contributed by atoms with Crippen LogP contribution in [0.2, 0.25) is 0 Å². The Morgan fingerprint density at radius 3 is 2.95 bits per heavy atom. The van der Waals surface area contributed by atoms with Crippen molar-refractivity contribution in [3.63, 3.8) is 0 Å². The summed E-state index contributed by atoms with van der Waals surface area (Å²) >= 11 is 0. The second-order valence-corrected chi connectivity index (χ2v) is 4.78. The number of halogens is 1. The molecule has 1 aliphatic heterocycles. The molecular weight excluding hydrogens is 249 g/mol. The van der Waals surface area contributed by atoms with E-state index in [0.29, 0.717) is 23.6 Å². The van der Waals surface area contributed by atoms with E-state index in [1.165, 1.54) is 18.2 Å². The number of ether oxygens (including phenoxy) is 2. The highest BCUT2D eigenvalue weighted by molar-refractivity contribution is 6.00. The monoisotopic (exact) mass is 267 g/mol. The van der Waals surface area contributed by atoms with Gasteiger partial charge in [-0.25, -0.2) is 4.39 Å². The molecule has 2 unspecified atom stereocenters. The van der Waals surface area contributed by atoms with Gasteiger partial charge in [0.05, 0.1) is 17.9 Å². The third kappa shape index (κ3) is 3.44. The zero-order chi connectivity index (χ0) is 13.8. The summed E-state index contributed by atoms with van der Waals surface area (Å²) < 4.78 is 24.5. The second-order valence-electron chi connectivity index (χ2n) is 4.78. The molecule has 2 atom stereocenters. The van der Waals surface area contributed by atoms with E-state index < -0.39 is 5.82 Å². The fraction of sp³-hybridized carbons (Fsp3) is 0.500. The number of oxime groups is 1. The average Bonchev–Trinajstić information content (AvgIpc) is 2.82. The number of rotatable bonds is 4. The van der Waals surface area contributed by atoms with Crippen molar-refractivity contribution in [2.75, 3.05) is 6.61 Å². The van der Waals surface area contributed by atoms with Crippen LogP contribution in [0.15, 0.2) is 23.4 Å². The molecule has 104 valence electrons. The highest BCUT2D eigenvalue weighted by Crippen LogP contribution is 2.24. The maximum absolute atomic E-state index is 13.2. The van der Waals surface area contributed by atoms with Crippen LogP contribution in [0.4, 0.5) is 4.39 Å². The molecule has 5 heteroatoms. The maximum Gasteiger partial charge on any atom is 0.128 e. The summed E-state index contributed by atoms with van der Waals surface area (Å²) in [5.41, 5.74) is 0.767. The molecule has 0 spiro atoms. The zero-order valence-electron chi connectivity index (χ0n) is 11.1. The van der Waals surface area contributed by atoms with Gasteiger partial charge in [0.25, 0.3) is 0 Å². The lowest BCUT2D eigenvalue weighted by molar-refractivity contribution is 0.0264. The van der Waals surface area contributed by atoms with Crippen LogP contribution in [-0.2, 0) is 4.74 Å². The van der Waals surface area contributed by atoms with Gasteiger partial charge < -0.3 is 14.7 Å². The van der Waals surface area contributed by atoms with Gasteiger partial charge in [-0.1, -0.05) is 5.16 Å². The molecule has 0 bridgehead atoms. The van der Waals surface area contributed by atoms with E-state index in [-0.39, 0.29) is 12.2 Å². The minimum atomic E-state index is -0.393. The van der Waals surface area contributed by atoms with Gasteiger partial charge in [-0.3, -0.25) is 0 Å². The Bertz CT molecular complexity index is 476. The van der Waals surface area contributed by atoms with Crippen molar-refractivity contribution < 1.29 is 19.1 Å². The van der Waals surface area contributed by atoms with Crippen molar-refractivity contribution in [3.8, 4) is 5.75 Å². The van der Waals surface area contributed by atoms with E-state index in [2.05, 4.69) is 5.16 Å². The third-order valence-corrected chi connectivity index (χ3v) is 3.23.